The van der Waals surface area contributed by atoms with Crippen LogP contribution in [-0.4, -0.2) is 16.2 Å². The van der Waals surface area contributed by atoms with Crippen LogP contribution in [0.2, 0.25) is 5.02 Å². The van der Waals surface area contributed by atoms with E-state index in [-0.39, 0.29) is 5.75 Å². The summed E-state index contributed by atoms with van der Waals surface area (Å²) in [5.74, 6) is -0.910. The van der Waals surface area contributed by atoms with E-state index in [1.165, 1.54) is 0 Å². The third-order valence-corrected chi connectivity index (χ3v) is 3.61. The standard InChI is InChI=1S/C12H13ClO3/c1-7-5-8(13)10(9(14)6-7)12(11(15)16)3-2-4-12/h5-6,14H,2-4H2,1H3,(H,15,16). The number of phenolic OH excluding ortho intramolecular Hbond substituents is 1. The number of hydrogen-bond acceptors (Lipinski definition) is 2. The average molecular weight is 241 g/mol. The van der Waals surface area contributed by atoms with Crippen molar-refractivity contribution in [1.29, 1.82) is 0 Å². The fourth-order valence-electron chi connectivity index (χ4n) is 2.30. The molecule has 0 aliphatic heterocycles. The number of phenols is 1. The number of halogens is 1. The summed E-state index contributed by atoms with van der Waals surface area (Å²) in [7, 11) is 0. The van der Waals surface area contributed by atoms with Crippen LogP contribution < -0.4 is 0 Å². The molecule has 1 aliphatic rings. The quantitative estimate of drug-likeness (QED) is 0.836. The van der Waals surface area contributed by atoms with Gasteiger partial charge in [0.1, 0.15) is 5.75 Å². The Bertz CT molecular complexity index is 427. The zero-order chi connectivity index (χ0) is 11.9. The first-order chi connectivity index (χ1) is 7.47. The lowest BCUT2D eigenvalue weighted by Crippen LogP contribution is -2.42. The second kappa shape index (κ2) is 3.67. The smallest absolute Gasteiger partial charge is 0.314 e. The van der Waals surface area contributed by atoms with Gasteiger partial charge in [0.25, 0.3) is 0 Å². The first-order valence-electron chi connectivity index (χ1n) is 5.20. The van der Waals surface area contributed by atoms with Crippen molar-refractivity contribution in [3.63, 3.8) is 0 Å². The Morgan fingerprint density at radius 3 is 2.44 bits per heavy atom. The van der Waals surface area contributed by atoms with Crippen LogP contribution >= 0.6 is 11.6 Å². The third kappa shape index (κ3) is 1.47. The summed E-state index contributed by atoms with van der Waals surface area (Å²) in [4.78, 5) is 11.3. The summed E-state index contributed by atoms with van der Waals surface area (Å²) >= 11 is 6.05. The Labute approximate surface area is 98.7 Å². The first kappa shape index (κ1) is 11.3. The summed E-state index contributed by atoms with van der Waals surface area (Å²) < 4.78 is 0. The molecule has 1 aromatic carbocycles. The predicted molar refractivity (Wildman–Crippen MR) is 61.0 cm³/mol. The molecule has 2 N–H and O–H groups in total. The minimum absolute atomic E-state index is 0.00731. The topological polar surface area (TPSA) is 57.5 Å². The fraction of sp³-hybridized carbons (Fsp3) is 0.417. The van der Waals surface area contributed by atoms with Crippen LogP contribution in [0.25, 0.3) is 0 Å². The summed E-state index contributed by atoms with van der Waals surface area (Å²) in [5.41, 5.74) is 0.221. The lowest BCUT2D eigenvalue weighted by molar-refractivity contribution is -0.147. The molecule has 1 fully saturated rings. The highest BCUT2D eigenvalue weighted by atomic mass is 35.5. The van der Waals surface area contributed by atoms with Crippen LogP contribution in [-0.2, 0) is 10.2 Å². The molecular formula is C12H13ClO3. The molecule has 1 aliphatic carbocycles. The van der Waals surface area contributed by atoms with E-state index in [2.05, 4.69) is 0 Å². The normalized spacial score (nSPS) is 17.9. The molecule has 0 aromatic heterocycles. The molecule has 1 aromatic rings. The van der Waals surface area contributed by atoms with Gasteiger partial charge in [0.15, 0.2) is 0 Å². The molecular weight excluding hydrogens is 228 g/mol. The number of carboxylic acids is 1. The van der Waals surface area contributed by atoms with E-state index in [1.54, 1.807) is 12.1 Å². The number of rotatable bonds is 2. The van der Waals surface area contributed by atoms with Gasteiger partial charge in [-0.2, -0.15) is 0 Å². The van der Waals surface area contributed by atoms with Crippen molar-refractivity contribution in [2.75, 3.05) is 0 Å². The number of carboxylic acid groups (broad SMARTS) is 1. The zero-order valence-electron chi connectivity index (χ0n) is 8.96. The van der Waals surface area contributed by atoms with Crippen molar-refractivity contribution in [1.82, 2.24) is 0 Å². The molecule has 0 atom stereocenters. The van der Waals surface area contributed by atoms with Gasteiger partial charge in [-0.15, -0.1) is 0 Å². The van der Waals surface area contributed by atoms with Crippen molar-refractivity contribution < 1.29 is 15.0 Å². The van der Waals surface area contributed by atoms with Crippen molar-refractivity contribution in [3.8, 4) is 5.75 Å². The highest BCUT2D eigenvalue weighted by Crippen LogP contribution is 2.50. The maximum absolute atomic E-state index is 11.3. The van der Waals surface area contributed by atoms with E-state index in [0.29, 0.717) is 23.4 Å². The molecule has 86 valence electrons. The maximum Gasteiger partial charge on any atom is 0.314 e. The van der Waals surface area contributed by atoms with Gasteiger partial charge in [0.05, 0.1) is 5.41 Å². The lowest BCUT2D eigenvalue weighted by atomic mass is 9.64. The summed E-state index contributed by atoms with van der Waals surface area (Å²) in [6.45, 7) is 1.81. The van der Waals surface area contributed by atoms with Crippen molar-refractivity contribution in [3.05, 3.63) is 28.3 Å². The van der Waals surface area contributed by atoms with Crippen molar-refractivity contribution in [2.45, 2.75) is 31.6 Å². The Hall–Kier alpha value is -1.22. The Morgan fingerprint density at radius 2 is 2.06 bits per heavy atom. The fourth-order valence-corrected chi connectivity index (χ4v) is 2.75. The van der Waals surface area contributed by atoms with Gasteiger partial charge in [0, 0.05) is 10.6 Å². The maximum atomic E-state index is 11.3. The van der Waals surface area contributed by atoms with Crippen molar-refractivity contribution >= 4 is 17.6 Å². The summed E-state index contributed by atoms with van der Waals surface area (Å²) in [6, 6.07) is 3.25. The van der Waals surface area contributed by atoms with Gasteiger partial charge in [0.2, 0.25) is 0 Å². The van der Waals surface area contributed by atoms with E-state index in [4.69, 9.17) is 11.6 Å². The molecule has 0 spiro atoms. The van der Waals surface area contributed by atoms with E-state index < -0.39 is 11.4 Å². The van der Waals surface area contributed by atoms with Gasteiger partial charge in [-0.3, -0.25) is 4.79 Å². The van der Waals surface area contributed by atoms with Gasteiger partial charge in [-0.1, -0.05) is 18.0 Å². The summed E-state index contributed by atoms with van der Waals surface area (Å²) in [5, 5.41) is 19.5. The van der Waals surface area contributed by atoms with Crippen LogP contribution in [0.3, 0.4) is 0 Å². The predicted octanol–water partition coefficient (Wildman–Crippen LogP) is 2.86. The lowest BCUT2D eigenvalue weighted by Gasteiger charge is -2.39. The van der Waals surface area contributed by atoms with Gasteiger partial charge < -0.3 is 10.2 Å². The van der Waals surface area contributed by atoms with E-state index >= 15 is 0 Å². The molecule has 0 heterocycles. The van der Waals surface area contributed by atoms with Crippen LogP contribution in [0.1, 0.15) is 30.4 Å². The Kier molecular flexibility index (Phi) is 2.58. The Morgan fingerprint density at radius 1 is 1.44 bits per heavy atom. The van der Waals surface area contributed by atoms with Crippen LogP contribution in [0, 0.1) is 6.92 Å². The Balaban J connectivity index is 2.59. The highest BCUT2D eigenvalue weighted by Gasteiger charge is 2.48. The number of benzene rings is 1. The highest BCUT2D eigenvalue weighted by molar-refractivity contribution is 6.32. The van der Waals surface area contributed by atoms with E-state index in [1.807, 2.05) is 6.92 Å². The number of hydrogen-bond donors (Lipinski definition) is 2. The molecule has 2 rings (SSSR count). The largest absolute Gasteiger partial charge is 0.508 e. The van der Waals surface area contributed by atoms with Gasteiger partial charge >= 0.3 is 5.97 Å². The molecule has 0 saturated heterocycles. The first-order valence-corrected chi connectivity index (χ1v) is 5.58. The molecule has 0 radical (unpaired) electrons. The molecule has 0 amide bonds. The van der Waals surface area contributed by atoms with Gasteiger partial charge in [-0.05, 0) is 37.5 Å². The number of aromatic hydroxyl groups is 1. The van der Waals surface area contributed by atoms with Crippen molar-refractivity contribution in [2.24, 2.45) is 0 Å². The van der Waals surface area contributed by atoms with Crippen LogP contribution in [0.4, 0.5) is 0 Å². The second-order valence-corrected chi connectivity index (χ2v) is 4.79. The molecule has 0 bridgehead atoms. The molecule has 0 unspecified atom stereocenters. The monoisotopic (exact) mass is 240 g/mol. The van der Waals surface area contributed by atoms with Gasteiger partial charge in [-0.25, -0.2) is 0 Å². The number of aliphatic carboxylic acids is 1. The molecule has 16 heavy (non-hydrogen) atoms. The van der Waals surface area contributed by atoms with E-state index in [0.717, 1.165) is 12.0 Å². The summed E-state index contributed by atoms with van der Waals surface area (Å²) in [6.07, 6.45) is 1.94. The minimum Gasteiger partial charge on any atom is -0.508 e. The zero-order valence-corrected chi connectivity index (χ0v) is 9.71. The van der Waals surface area contributed by atoms with E-state index in [9.17, 15) is 15.0 Å². The minimum atomic E-state index is -0.977. The SMILES string of the molecule is Cc1cc(O)c(C2(C(=O)O)CCC2)c(Cl)c1. The molecule has 4 heteroatoms. The number of aryl methyl sites for hydroxylation is 1. The number of carbonyl (C=O) groups is 1. The van der Waals surface area contributed by atoms with Crippen LogP contribution in [0.15, 0.2) is 12.1 Å². The average Bonchev–Trinajstić information content (AvgIpc) is 2.06. The molecule has 1 saturated carbocycles. The second-order valence-electron chi connectivity index (χ2n) is 4.38. The van der Waals surface area contributed by atoms with Crippen LogP contribution in [0.5, 0.6) is 5.75 Å². The third-order valence-electron chi connectivity index (χ3n) is 3.31. The molecule has 3 nitrogen and oxygen atoms in total.